The largest absolute Gasteiger partial charge is 0.382 e. The number of aromatic nitrogens is 2. The highest BCUT2D eigenvalue weighted by atomic mass is 15.3. The normalized spacial score (nSPS) is 12.3. The van der Waals surface area contributed by atoms with Gasteiger partial charge in [-0.3, -0.25) is 4.68 Å². The van der Waals surface area contributed by atoms with Crippen molar-refractivity contribution >= 4 is 16.7 Å². The highest BCUT2D eigenvalue weighted by Crippen LogP contribution is 2.26. The average molecular weight is 203 g/mol. The van der Waals surface area contributed by atoms with Crippen LogP contribution in [-0.4, -0.2) is 9.78 Å². The van der Waals surface area contributed by atoms with Crippen molar-refractivity contribution < 1.29 is 0 Å². The molecule has 0 atom stereocenters. The number of nitrogen functional groups attached to an aromatic ring is 1. The lowest BCUT2D eigenvalue weighted by molar-refractivity contribution is 0.369. The number of hydrogen-bond acceptors (Lipinski definition) is 2. The zero-order valence-electron chi connectivity index (χ0n) is 9.70. The molecular formula is C12H17N3. The summed E-state index contributed by atoms with van der Waals surface area (Å²) in [5, 5.41) is 5.43. The number of benzene rings is 1. The third kappa shape index (κ3) is 1.58. The van der Waals surface area contributed by atoms with Crippen LogP contribution in [0.1, 0.15) is 26.3 Å². The lowest BCUT2D eigenvalue weighted by Gasteiger charge is -2.20. The van der Waals surface area contributed by atoms with Gasteiger partial charge in [0.25, 0.3) is 0 Å². The van der Waals surface area contributed by atoms with Crippen LogP contribution in [0.25, 0.3) is 10.9 Å². The highest BCUT2D eigenvalue weighted by molar-refractivity contribution is 5.89. The predicted molar refractivity (Wildman–Crippen MR) is 63.9 cm³/mol. The number of fused-ring (bicyclic) bond motifs is 1. The highest BCUT2D eigenvalue weighted by Gasteiger charge is 2.18. The third-order valence-electron chi connectivity index (χ3n) is 2.50. The van der Waals surface area contributed by atoms with E-state index < -0.39 is 0 Å². The van der Waals surface area contributed by atoms with Crippen molar-refractivity contribution in [2.45, 2.75) is 33.2 Å². The van der Waals surface area contributed by atoms with E-state index in [0.717, 1.165) is 10.9 Å². The molecule has 1 aromatic carbocycles. The number of rotatable bonds is 0. The van der Waals surface area contributed by atoms with Crippen LogP contribution < -0.4 is 5.73 Å². The van der Waals surface area contributed by atoms with Crippen LogP contribution in [0.3, 0.4) is 0 Å². The molecule has 0 saturated carbocycles. The summed E-state index contributed by atoms with van der Waals surface area (Å²) in [5.41, 5.74) is 8.19. The Kier molecular flexibility index (Phi) is 2.00. The first kappa shape index (κ1) is 10.0. The van der Waals surface area contributed by atoms with Crippen LogP contribution in [0.15, 0.2) is 18.2 Å². The first-order chi connectivity index (χ1) is 6.89. The minimum atomic E-state index is -0.0380. The van der Waals surface area contributed by atoms with Gasteiger partial charge in [0.15, 0.2) is 5.82 Å². The van der Waals surface area contributed by atoms with E-state index in [9.17, 15) is 0 Å². The van der Waals surface area contributed by atoms with Crippen molar-refractivity contribution in [3.63, 3.8) is 0 Å². The number of nitrogens with two attached hydrogens (primary N) is 1. The Morgan fingerprint density at radius 1 is 1.27 bits per heavy atom. The van der Waals surface area contributed by atoms with Crippen molar-refractivity contribution in [1.82, 2.24) is 9.78 Å². The fourth-order valence-electron chi connectivity index (χ4n) is 1.76. The molecule has 0 fully saturated rings. The molecule has 3 nitrogen and oxygen atoms in total. The van der Waals surface area contributed by atoms with E-state index in [0.29, 0.717) is 5.82 Å². The lowest BCUT2D eigenvalue weighted by atomic mass is 10.1. The summed E-state index contributed by atoms with van der Waals surface area (Å²) in [6, 6.07) is 6.23. The van der Waals surface area contributed by atoms with Crippen LogP contribution in [-0.2, 0) is 5.54 Å². The minimum absolute atomic E-state index is 0.0380. The van der Waals surface area contributed by atoms with Gasteiger partial charge in [-0.25, -0.2) is 0 Å². The molecule has 0 aliphatic carbocycles. The van der Waals surface area contributed by atoms with Gasteiger partial charge in [0.05, 0.1) is 11.1 Å². The van der Waals surface area contributed by atoms with E-state index in [4.69, 9.17) is 5.73 Å². The molecule has 0 saturated heterocycles. The average Bonchev–Trinajstić information content (AvgIpc) is 2.42. The summed E-state index contributed by atoms with van der Waals surface area (Å²) in [7, 11) is 0. The zero-order chi connectivity index (χ0) is 11.2. The minimum Gasteiger partial charge on any atom is -0.382 e. The van der Waals surface area contributed by atoms with E-state index >= 15 is 0 Å². The van der Waals surface area contributed by atoms with Gasteiger partial charge in [-0.1, -0.05) is 6.07 Å². The van der Waals surface area contributed by atoms with Gasteiger partial charge in [0.2, 0.25) is 0 Å². The lowest BCUT2D eigenvalue weighted by Crippen LogP contribution is -2.23. The maximum Gasteiger partial charge on any atom is 0.153 e. The van der Waals surface area contributed by atoms with Gasteiger partial charge in [0, 0.05) is 5.39 Å². The molecule has 0 spiro atoms. The smallest absolute Gasteiger partial charge is 0.153 e. The molecule has 2 aromatic rings. The van der Waals surface area contributed by atoms with E-state index in [1.165, 1.54) is 5.56 Å². The monoisotopic (exact) mass is 203 g/mol. The van der Waals surface area contributed by atoms with Gasteiger partial charge < -0.3 is 5.73 Å². The molecule has 80 valence electrons. The molecule has 0 bridgehead atoms. The molecule has 0 aliphatic heterocycles. The van der Waals surface area contributed by atoms with Crippen molar-refractivity contribution in [2.75, 3.05) is 5.73 Å². The molecule has 0 radical (unpaired) electrons. The van der Waals surface area contributed by atoms with Gasteiger partial charge in [0.1, 0.15) is 0 Å². The summed E-state index contributed by atoms with van der Waals surface area (Å²) in [5.74, 6) is 0.611. The Labute approximate surface area is 89.9 Å². The first-order valence-corrected chi connectivity index (χ1v) is 5.15. The summed E-state index contributed by atoms with van der Waals surface area (Å²) in [4.78, 5) is 0. The second-order valence-electron chi connectivity index (χ2n) is 4.99. The second-order valence-corrected chi connectivity index (χ2v) is 4.99. The second kappa shape index (κ2) is 2.99. The number of aryl methyl sites for hydroxylation is 1. The maximum atomic E-state index is 5.89. The van der Waals surface area contributed by atoms with Gasteiger partial charge in [-0.15, -0.1) is 0 Å². The molecule has 15 heavy (non-hydrogen) atoms. The molecule has 0 amide bonds. The summed E-state index contributed by atoms with van der Waals surface area (Å²) >= 11 is 0. The fourth-order valence-corrected chi connectivity index (χ4v) is 1.76. The van der Waals surface area contributed by atoms with Gasteiger partial charge >= 0.3 is 0 Å². The van der Waals surface area contributed by atoms with E-state index in [1.54, 1.807) is 0 Å². The van der Waals surface area contributed by atoms with Crippen LogP contribution in [0.2, 0.25) is 0 Å². The van der Waals surface area contributed by atoms with Gasteiger partial charge in [-0.2, -0.15) is 5.10 Å². The van der Waals surface area contributed by atoms with Crippen LogP contribution in [0.5, 0.6) is 0 Å². The SMILES string of the molecule is Cc1ccc2c(N)nn(C(C)(C)C)c2c1. The standard InChI is InChI=1S/C12H17N3/c1-8-5-6-9-10(7-8)15(12(2,3)4)14-11(9)13/h5-7H,1-4H3,(H2,13,14). The molecule has 2 N–H and O–H groups in total. The molecular weight excluding hydrogens is 186 g/mol. The summed E-state index contributed by atoms with van der Waals surface area (Å²) in [6.45, 7) is 8.46. The van der Waals surface area contributed by atoms with Crippen molar-refractivity contribution in [2.24, 2.45) is 0 Å². The Morgan fingerprint density at radius 2 is 1.93 bits per heavy atom. The molecule has 0 unspecified atom stereocenters. The number of anilines is 1. The number of nitrogens with zero attached hydrogens (tertiary/aromatic N) is 2. The Balaban J connectivity index is 2.81. The Bertz CT molecular complexity index is 503. The quantitative estimate of drug-likeness (QED) is 0.715. The van der Waals surface area contributed by atoms with Crippen molar-refractivity contribution in [3.8, 4) is 0 Å². The van der Waals surface area contributed by atoms with E-state index in [1.807, 2.05) is 10.7 Å². The Morgan fingerprint density at radius 3 is 2.53 bits per heavy atom. The van der Waals surface area contributed by atoms with Gasteiger partial charge in [-0.05, 0) is 45.4 Å². The maximum absolute atomic E-state index is 5.89. The third-order valence-corrected chi connectivity index (χ3v) is 2.50. The summed E-state index contributed by atoms with van der Waals surface area (Å²) < 4.78 is 1.99. The molecule has 3 heteroatoms. The molecule has 1 aromatic heterocycles. The van der Waals surface area contributed by atoms with Crippen LogP contribution in [0, 0.1) is 6.92 Å². The van der Waals surface area contributed by atoms with Crippen molar-refractivity contribution in [3.05, 3.63) is 23.8 Å². The zero-order valence-corrected chi connectivity index (χ0v) is 9.70. The topological polar surface area (TPSA) is 43.8 Å². The van der Waals surface area contributed by atoms with E-state index in [2.05, 4.69) is 44.9 Å². The molecule has 0 aliphatic rings. The van der Waals surface area contributed by atoms with Crippen molar-refractivity contribution in [1.29, 1.82) is 0 Å². The fraction of sp³-hybridized carbons (Fsp3) is 0.417. The van der Waals surface area contributed by atoms with Crippen LogP contribution >= 0.6 is 0 Å². The van der Waals surface area contributed by atoms with Crippen LogP contribution in [0.4, 0.5) is 5.82 Å². The predicted octanol–water partition coefficient (Wildman–Crippen LogP) is 2.68. The first-order valence-electron chi connectivity index (χ1n) is 5.15. The van der Waals surface area contributed by atoms with E-state index in [-0.39, 0.29) is 5.54 Å². The molecule has 2 rings (SSSR count). The number of hydrogen-bond donors (Lipinski definition) is 1. The molecule has 1 heterocycles. The Hall–Kier alpha value is -1.51. The summed E-state index contributed by atoms with van der Waals surface area (Å²) in [6.07, 6.45) is 0.